The topological polar surface area (TPSA) is 60.2 Å². The molecule has 0 spiro atoms. The molecule has 0 saturated heterocycles. The van der Waals surface area contributed by atoms with Gasteiger partial charge in [-0.05, 0) is 11.5 Å². The van der Waals surface area contributed by atoms with Crippen molar-refractivity contribution in [3.63, 3.8) is 0 Å². The van der Waals surface area contributed by atoms with Gasteiger partial charge in [0.25, 0.3) is 0 Å². The molecule has 2 aromatic rings. The second kappa shape index (κ2) is 3.44. The fourth-order valence-electron chi connectivity index (χ4n) is 1.52. The van der Waals surface area contributed by atoms with E-state index in [-0.39, 0.29) is 9.79 Å². The molecular formula is C10H8NO2S2. The summed E-state index contributed by atoms with van der Waals surface area (Å²) < 4.78 is 22.8. The van der Waals surface area contributed by atoms with Gasteiger partial charge >= 0.3 is 0 Å². The summed E-state index contributed by atoms with van der Waals surface area (Å²) >= 11 is 4.97. The Morgan fingerprint density at radius 3 is 2.40 bits per heavy atom. The molecule has 0 aliphatic rings. The van der Waals surface area contributed by atoms with E-state index in [2.05, 4.69) is 0 Å². The predicted octanol–water partition coefficient (Wildman–Crippen LogP) is 2.04. The highest BCUT2D eigenvalue weighted by Crippen LogP contribution is 2.27. The van der Waals surface area contributed by atoms with E-state index in [9.17, 15) is 8.42 Å². The average molecular weight is 238 g/mol. The van der Waals surface area contributed by atoms with Crippen LogP contribution >= 0.6 is 12.6 Å². The van der Waals surface area contributed by atoms with Crippen molar-refractivity contribution in [1.29, 1.82) is 0 Å². The normalized spacial score (nSPS) is 11.8. The van der Waals surface area contributed by atoms with Gasteiger partial charge < -0.3 is 0 Å². The second-order valence-electron chi connectivity index (χ2n) is 3.16. The molecule has 2 N–H and O–H groups in total. The molecule has 0 unspecified atom stereocenters. The molecule has 0 amide bonds. The Bertz CT molecular complexity index is 620. The van der Waals surface area contributed by atoms with Crippen molar-refractivity contribution in [3.05, 3.63) is 36.4 Å². The van der Waals surface area contributed by atoms with Gasteiger partial charge in [0.15, 0.2) is 0 Å². The van der Waals surface area contributed by atoms with Crippen LogP contribution in [0.15, 0.2) is 46.2 Å². The first-order valence-corrected chi connectivity index (χ1v) is 6.17. The molecule has 2 rings (SSSR count). The molecule has 2 aromatic carbocycles. The van der Waals surface area contributed by atoms with E-state index >= 15 is 0 Å². The summed E-state index contributed by atoms with van der Waals surface area (Å²) in [6.45, 7) is 0. The minimum Gasteiger partial charge on any atom is -0.225 e. The van der Waals surface area contributed by atoms with Gasteiger partial charge in [0.2, 0.25) is 10.0 Å². The highest BCUT2D eigenvalue weighted by atomic mass is 32.2. The lowest BCUT2D eigenvalue weighted by Gasteiger charge is -2.06. The van der Waals surface area contributed by atoms with E-state index < -0.39 is 10.0 Å². The first kappa shape index (κ1) is 10.4. The Morgan fingerprint density at radius 1 is 1.07 bits per heavy atom. The fraction of sp³-hybridized carbons (Fsp3) is 0. The average Bonchev–Trinajstić information content (AvgIpc) is 2.15. The SMILES string of the molecule is NS(=O)(=O)c1c([S])ccc2ccccc12. The molecule has 3 nitrogen and oxygen atoms in total. The van der Waals surface area contributed by atoms with Gasteiger partial charge in [0.05, 0.1) is 4.90 Å². The van der Waals surface area contributed by atoms with Crippen molar-refractivity contribution >= 4 is 33.4 Å². The summed E-state index contributed by atoms with van der Waals surface area (Å²) in [6.07, 6.45) is 0. The van der Waals surface area contributed by atoms with Gasteiger partial charge in [-0.2, -0.15) is 0 Å². The fourth-order valence-corrected chi connectivity index (χ4v) is 2.88. The molecule has 0 atom stereocenters. The van der Waals surface area contributed by atoms with Crippen LogP contribution in [-0.4, -0.2) is 8.42 Å². The lowest BCUT2D eigenvalue weighted by molar-refractivity contribution is 0.597. The van der Waals surface area contributed by atoms with Crippen molar-refractivity contribution < 1.29 is 8.42 Å². The van der Waals surface area contributed by atoms with Gasteiger partial charge in [-0.1, -0.05) is 43.0 Å². The van der Waals surface area contributed by atoms with E-state index in [0.29, 0.717) is 5.39 Å². The van der Waals surface area contributed by atoms with Crippen LogP contribution in [0.4, 0.5) is 0 Å². The molecule has 0 fully saturated rings. The zero-order chi connectivity index (χ0) is 11.1. The molecule has 0 aliphatic carbocycles. The summed E-state index contributed by atoms with van der Waals surface area (Å²) in [7, 11) is -3.76. The molecule has 0 aromatic heterocycles. The van der Waals surface area contributed by atoms with Crippen molar-refractivity contribution in [2.24, 2.45) is 5.14 Å². The minimum atomic E-state index is -3.76. The largest absolute Gasteiger partial charge is 0.240 e. The monoisotopic (exact) mass is 238 g/mol. The molecule has 15 heavy (non-hydrogen) atoms. The number of nitrogens with two attached hydrogens (primary N) is 1. The zero-order valence-electron chi connectivity index (χ0n) is 7.67. The Labute approximate surface area is 93.4 Å². The Hall–Kier alpha value is -1.17. The van der Waals surface area contributed by atoms with Crippen molar-refractivity contribution in [1.82, 2.24) is 0 Å². The van der Waals surface area contributed by atoms with Crippen LogP contribution in [0, 0.1) is 0 Å². The second-order valence-corrected chi connectivity index (χ2v) is 5.10. The summed E-state index contributed by atoms with van der Waals surface area (Å²) in [4.78, 5) is 0.298. The first-order valence-electron chi connectivity index (χ1n) is 4.22. The third-order valence-corrected chi connectivity index (χ3v) is 3.61. The summed E-state index contributed by atoms with van der Waals surface area (Å²) in [5, 5.41) is 6.52. The molecule has 5 heteroatoms. The molecule has 0 heterocycles. The van der Waals surface area contributed by atoms with E-state index in [0.717, 1.165) is 5.39 Å². The van der Waals surface area contributed by atoms with Crippen molar-refractivity contribution in [3.8, 4) is 0 Å². The number of sulfonamides is 1. The standard InChI is InChI=1S/C10H8NO2S2/c11-15(12,13)10-8-4-2-1-3-7(8)5-6-9(10)14/h1-6H,(H2,11,12,13). The third-order valence-electron chi connectivity index (χ3n) is 2.13. The van der Waals surface area contributed by atoms with Gasteiger partial charge in [-0.25, -0.2) is 13.6 Å². The Morgan fingerprint density at radius 2 is 1.73 bits per heavy atom. The lowest BCUT2D eigenvalue weighted by atomic mass is 10.1. The smallest absolute Gasteiger partial charge is 0.225 e. The summed E-state index contributed by atoms with van der Waals surface area (Å²) in [5.74, 6) is 0. The number of rotatable bonds is 1. The molecular weight excluding hydrogens is 230 g/mol. The van der Waals surface area contributed by atoms with E-state index in [4.69, 9.17) is 17.8 Å². The third kappa shape index (κ3) is 1.81. The van der Waals surface area contributed by atoms with Gasteiger partial charge in [0, 0.05) is 5.39 Å². The Balaban J connectivity index is 2.99. The van der Waals surface area contributed by atoms with Crippen LogP contribution in [0.1, 0.15) is 0 Å². The minimum absolute atomic E-state index is 0.0376. The van der Waals surface area contributed by atoms with Gasteiger partial charge in [-0.3, -0.25) is 0 Å². The van der Waals surface area contributed by atoms with Gasteiger partial charge in [0.1, 0.15) is 4.90 Å². The van der Waals surface area contributed by atoms with Crippen LogP contribution < -0.4 is 5.14 Å². The number of fused-ring (bicyclic) bond motifs is 1. The summed E-state index contributed by atoms with van der Waals surface area (Å²) in [5.41, 5.74) is 0. The molecule has 0 bridgehead atoms. The van der Waals surface area contributed by atoms with E-state index in [1.807, 2.05) is 12.1 Å². The lowest BCUT2D eigenvalue weighted by Crippen LogP contribution is -2.13. The molecule has 1 radical (unpaired) electrons. The Kier molecular flexibility index (Phi) is 2.38. The highest BCUT2D eigenvalue weighted by molar-refractivity contribution is 7.90. The van der Waals surface area contributed by atoms with Gasteiger partial charge in [-0.15, -0.1) is 0 Å². The highest BCUT2D eigenvalue weighted by Gasteiger charge is 2.16. The van der Waals surface area contributed by atoms with Crippen LogP contribution in [0.5, 0.6) is 0 Å². The summed E-state index contributed by atoms with van der Waals surface area (Å²) in [6, 6.07) is 10.5. The van der Waals surface area contributed by atoms with E-state index in [1.165, 1.54) is 0 Å². The van der Waals surface area contributed by atoms with Crippen LogP contribution in [0.25, 0.3) is 10.8 Å². The number of benzene rings is 2. The number of hydrogen-bond donors (Lipinski definition) is 1. The quantitative estimate of drug-likeness (QED) is 0.826. The van der Waals surface area contributed by atoms with Crippen molar-refractivity contribution in [2.45, 2.75) is 9.79 Å². The molecule has 77 valence electrons. The van der Waals surface area contributed by atoms with Crippen LogP contribution in [-0.2, 0) is 10.0 Å². The molecule has 0 saturated carbocycles. The maximum absolute atomic E-state index is 11.4. The molecule has 0 aliphatic heterocycles. The first-order chi connectivity index (χ1) is 7.00. The maximum atomic E-state index is 11.4. The van der Waals surface area contributed by atoms with Crippen LogP contribution in [0.2, 0.25) is 0 Å². The van der Waals surface area contributed by atoms with Crippen LogP contribution in [0.3, 0.4) is 0 Å². The zero-order valence-corrected chi connectivity index (χ0v) is 9.31. The maximum Gasteiger partial charge on any atom is 0.240 e. The number of hydrogen-bond acceptors (Lipinski definition) is 2. The van der Waals surface area contributed by atoms with E-state index in [1.54, 1.807) is 24.3 Å². The predicted molar refractivity (Wildman–Crippen MR) is 61.2 cm³/mol. The van der Waals surface area contributed by atoms with Crippen molar-refractivity contribution in [2.75, 3.05) is 0 Å². The number of primary sulfonamides is 1.